The lowest BCUT2D eigenvalue weighted by Gasteiger charge is -2.17. The third-order valence-corrected chi connectivity index (χ3v) is 3.91. The van der Waals surface area contributed by atoms with Gasteiger partial charge in [0.25, 0.3) is 5.56 Å². The molecular formula is C16H17FN2O4. The SMILES string of the molecule is O=c1c(F)cn([C@@H]2CCCO2)c(=O)n1C[C@@H](O)c1ccccc1. The number of aliphatic hydroxyl groups is 1. The lowest BCUT2D eigenvalue weighted by Crippen LogP contribution is -2.43. The number of halogens is 1. The molecule has 0 spiro atoms. The van der Waals surface area contributed by atoms with Gasteiger partial charge in [-0.15, -0.1) is 0 Å². The number of aliphatic hydroxyl groups excluding tert-OH is 1. The van der Waals surface area contributed by atoms with Crippen LogP contribution in [0.25, 0.3) is 0 Å². The zero-order valence-electron chi connectivity index (χ0n) is 12.4. The Balaban J connectivity index is 1.98. The van der Waals surface area contributed by atoms with E-state index in [1.807, 2.05) is 0 Å². The highest BCUT2D eigenvalue weighted by Gasteiger charge is 2.23. The molecule has 1 aromatic carbocycles. The topological polar surface area (TPSA) is 73.5 Å². The summed E-state index contributed by atoms with van der Waals surface area (Å²) in [4.78, 5) is 24.4. The summed E-state index contributed by atoms with van der Waals surface area (Å²) in [6.45, 7) is 0.177. The molecule has 0 amide bonds. The molecule has 7 heteroatoms. The van der Waals surface area contributed by atoms with Gasteiger partial charge in [0.2, 0.25) is 5.82 Å². The molecule has 1 N–H and O–H groups in total. The van der Waals surface area contributed by atoms with Crippen molar-refractivity contribution in [2.24, 2.45) is 0 Å². The first-order valence-corrected chi connectivity index (χ1v) is 7.44. The van der Waals surface area contributed by atoms with Gasteiger partial charge >= 0.3 is 5.69 Å². The Bertz CT molecular complexity index is 794. The molecule has 2 atom stereocenters. The van der Waals surface area contributed by atoms with Crippen molar-refractivity contribution in [2.45, 2.75) is 31.7 Å². The molecule has 1 aromatic heterocycles. The molecule has 1 fully saturated rings. The minimum absolute atomic E-state index is 0.313. The first kappa shape index (κ1) is 15.6. The van der Waals surface area contributed by atoms with Crippen molar-refractivity contribution in [3.05, 3.63) is 68.7 Å². The largest absolute Gasteiger partial charge is 0.387 e. The maximum atomic E-state index is 13.9. The number of hydrogen-bond acceptors (Lipinski definition) is 4. The van der Waals surface area contributed by atoms with Gasteiger partial charge in [0, 0.05) is 6.61 Å². The maximum Gasteiger partial charge on any atom is 0.333 e. The number of aromatic nitrogens is 2. The summed E-state index contributed by atoms with van der Waals surface area (Å²) >= 11 is 0. The molecule has 0 unspecified atom stereocenters. The van der Waals surface area contributed by atoms with E-state index in [2.05, 4.69) is 0 Å². The zero-order valence-corrected chi connectivity index (χ0v) is 12.4. The Hall–Kier alpha value is -2.25. The zero-order chi connectivity index (χ0) is 16.4. The van der Waals surface area contributed by atoms with Crippen molar-refractivity contribution in [1.29, 1.82) is 0 Å². The number of rotatable bonds is 4. The molecule has 0 aliphatic carbocycles. The third-order valence-electron chi connectivity index (χ3n) is 3.91. The van der Waals surface area contributed by atoms with Gasteiger partial charge in [-0.25, -0.2) is 4.79 Å². The number of nitrogens with zero attached hydrogens (tertiary/aromatic N) is 2. The minimum atomic E-state index is -1.08. The van der Waals surface area contributed by atoms with Gasteiger partial charge < -0.3 is 9.84 Å². The monoisotopic (exact) mass is 320 g/mol. The van der Waals surface area contributed by atoms with Crippen LogP contribution < -0.4 is 11.2 Å². The summed E-state index contributed by atoms with van der Waals surface area (Å²) in [5.41, 5.74) is -1.18. The third kappa shape index (κ3) is 3.11. The smallest absolute Gasteiger partial charge is 0.333 e. The van der Waals surface area contributed by atoms with Gasteiger partial charge in [-0.05, 0) is 18.4 Å². The summed E-state index contributed by atoms with van der Waals surface area (Å²) in [6.07, 6.45) is 0.578. The molecular weight excluding hydrogens is 303 g/mol. The van der Waals surface area contributed by atoms with Gasteiger partial charge in [0.1, 0.15) is 6.23 Å². The first-order valence-electron chi connectivity index (χ1n) is 7.44. The fourth-order valence-corrected chi connectivity index (χ4v) is 2.69. The molecule has 0 radical (unpaired) electrons. The van der Waals surface area contributed by atoms with Crippen LogP contribution in [0.15, 0.2) is 46.1 Å². The Morgan fingerprint density at radius 1 is 1.30 bits per heavy atom. The van der Waals surface area contributed by atoms with Crippen molar-refractivity contribution in [3.63, 3.8) is 0 Å². The summed E-state index contributed by atoms with van der Waals surface area (Å²) in [5.74, 6) is -1.04. The highest BCUT2D eigenvalue weighted by molar-refractivity contribution is 5.17. The minimum Gasteiger partial charge on any atom is -0.387 e. The number of hydrogen-bond donors (Lipinski definition) is 1. The molecule has 23 heavy (non-hydrogen) atoms. The molecule has 3 rings (SSSR count). The lowest BCUT2D eigenvalue weighted by atomic mass is 10.1. The Morgan fingerprint density at radius 2 is 2.04 bits per heavy atom. The van der Waals surface area contributed by atoms with Gasteiger partial charge in [-0.1, -0.05) is 30.3 Å². The second-order valence-electron chi connectivity index (χ2n) is 5.48. The molecule has 1 aliphatic heterocycles. The van der Waals surface area contributed by atoms with Crippen LogP contribution in [0.3, 0.4) is 0 Å². The first-order chi connectivity index (χ1) is 11.1. The molecule has 0 saturated carbocycles. The second-order valence-corrected chi connectivity index (χ2v) is 5.48. The normalized spacial score (nSPS) is 19.0. The van der Waals surface area contributed by atoms with E-state index in [1.165, 1.54) is 0 Å². The predicted molar refractivity (Wildman–Crippen MR) is 80.5 cm³/mol. The van der Waals surface area contributed by atoms with Crippen LogP contribution >= 0.6 is 0 Å². The Morgan fingerprint density at radius 3 is 2.70 bits per heavy atom. The van der Waals surface area contributed by atoms with E-state index in [1.54, 1.807) is 30.3 Å². The highest BCUT2D eigenvalue weighted by Crippen LogP contribution is 2.21. The van der Waals surface area contributed by atoms with Crippen molar-refractivity contribution in [1.82, 2.24) is 9.13 Å². The van der Waals surface area contributed by atoms with E-state index in [0.29, 0.717) is 23.2 Å². The average molecular weight is 320 g/mol. The van der Waals surface area contributed by atoms with Crippen molar-refractivity contribution < 1.29 is 14.2 Å². The summed E-state index contributed by atoms with van der Waals surface area (Å²) in [5, 5.41) is 10.2. The van der Waals surface area contributed by atoms with Crippen LogP contribution in [-0.2, 0) is 11.3 Å². The molecule has 1 aliphatic rings. The second kappa shape index (κ2) is 6.47. The summed E-state index contributed by atoms with van der Waals surface area (Å²) in [6, 6.07) is 8.60. The standard InChI is InChI=1S/C16H17FN2O4/c17-12-9-18(14-7-4-8-23-14)16(22)19(15(12)21)10-13(20)11-5-2-1-3-6-11/h1-3,5-6,9,13-14,20H,4,7-8,10H2/t13-,14+/m1/s1. The van der Waals surface area contributed by atoms with Crippen LogP contribution in [0.2, 0.25) is 0 Å². The summed E-state index contributed by atoms with van der Waals surface area (Å²) < 4.78 is 21.1. The molecule has 6 nitrogen and oxygen atoms in total. The van der Waals surface area contributed by atoms with Gasteiger partial charge in [-0.2, -0.15) is 4.39 Å². The maximum absolute atomic E-state index is 13.9. The van der Waals surface area contributed by atoms with E-state index in [-0.39, 0.29) is 6.54 Å². The lowest BCUT2D eigenvalue weighted by molar-refractivity contribution is 0.0491. The van der Waals surface area contributed by atoms with Crippen molar-refractivity contribution in [3.8, 4) is 0 Å². The molecule has 0 bridgehead atoms. The van der Waals surface area contributed by atoms with E-state index >= 15 is 0 Å². The van der Waals surface area contributed by atoms with Crippen molar-refractivity contribution >= 4 is 0 Å². The fourth-order valence-electron chi connectivity index (χ4n) is 2.69. The quantitative estimate of drug-likeness (QED) is 0.918. The van der Waals surface area contributed by atoms with E-state index in [0.717, 1.165) is 17.2 Å². The van der Waals surface area contributed by atoms with Gasteiger partial charge in [0.15, 0.2) is 0 Å². The molecule has 2 aromatic rings. The van der Waals surface area contributed by atoms with E-state index in [9.17, 15) is 19.1 Å². The van der Waals surface area contributed by atoms with Crippen molar-refractivity contribution in [2.75, 3.05) is 6.61 Å². The van der Waals surface area contributed by atoms with Crippen LogP contribution in [0.4, 0.5) is 4.39 Å². The number of ether oxygens (including phenoxy) is 1. The van der Waals surface area contributed by atoms with E-state index < -0.39 is 29.4 Å². The van der Waals surface area contributed by atoms with Crippen LogP contribution in [0.1, 0.15) is 30.7 Å². The van der Waals surface area contributed by atoms with E-state index in [4.69, 9.17) is 4.74 Å². The van der Waals surface area contributed by atoms with Crippen LogP contribution in [0, 0.1) is 5.82 Å². The van der Waals surface area contributed by atoms with Crippen LogP contribution in [0.5, 0.6) is 0 Å². The molecule has 122 valence electrons. The molecule has 1 saturated heterocycles. The van der Waals surface area contributed by atoms with Gasteiger partial charge in [-0.3, -0.25) is 13.9 Å². The predicted octanol–water partition coefficient (Wildman–Crippen LogP) is 1.19. The highest BCUT2D eigenvalue weighted by atomic mass is 19.1. The molecule has 2 heterocycles. The van der Waals surface area contributed by atoms with Gasteiger partial charge in [0.05, 0.1) is 18.8 Å². The fraction of sp³-hybridized carbons (Fsp3) is 0.375. The Labute approximate surface area is 131 Å². The summed E-state index contributed by atoms with van der Waals surface area (Å²) in [7, 11) is 0. The Kier molecular flexibility index (Phi) is 4.40. The average Bonchev–Trinajstić information content (AvgIpc) is 3.10. The van der Waals surface area contributed by atoms with Crippen LogP contribution in [-0.4, -0.2) is 20.8 Å². The number of benzene rings is 1.